The lowest BCUT2D eigenvalue weighted by molar-refractivity contribution is 0.413. The molecule has 0 aliphatic carbocycles. The van der Waals surface area contributed by atoms with Crippen molar-refractivity contribution < 1.29 is 12.9 Å². The molecule has 1 heterocycles. The highest BCUT2D eigenvalue weighted by atomic mass is 32.2. The molecule has 2 aromatic carbocycles. The Morgan fingerprint density at radius 1 is 0.917 bits per heavy atom. The van der Waals surface area contributed by atoms with E-state index in [9.17, 15) is 8.42 Å². The molecule has 0 N–H and O–H groups in total. The van der Waals surface area contributed by atoms with Crippen LogP contribution < -0.4 is 4.31 Å². The van der Waals surface area contributed by atoms with Gasteiger partial charge in [-0.3, -0.25) is 4.31 Å². The fraction of sp³-hybridized carbons (Fsp3) is 0.167. The zero-order valence-corrected chi connectivity index (χ0v) is 13.9. The third-order valence-electron chi connectivity index (χ3n) is 3.65. The first-order valence-electron chi connectivity index (χ1n) is 7.64. The molecule has 6 heteroatoms. The molecule has 0 aliphatic rings. The van der Waals surface area contributed by atoms with Crippen LogP contribution in [-0.4, -0.2) is 20.1 Å². The summed E-state index contributed by atoms with van der Waals surface area (Å²) in [7, 11) is -3.56. The van der Waals surface area contributed by atoms with Crippen LogP contribution in [0.15, 0.2) is 77.5 Å². The molecule has 0 bridgehead atoms. The summed E-state index contributed by atoms with van der Waals surface area (Å²) in [6, 6.07) is 20.5. The number of hydrogen-bond donors (Lipinski definition) is 0. The largest absolute Gasteiger partial charge is 0.364 e. The Morgan fingerprint density at radius 2 is 1.58 bits per heavy atom. The quantitative estimate of drug-likeness (QED) is 0.661. The van der Waals surface area contributed by atoms with E-state index in [4.69, 9.17) is 4.52 Å². The summed E-state index contributed by atoms with van der Waals surface area (Å²) >= 11 is 0. The van der Waals surface area contributed by atoms with Gasteiger partial charge in [-0.2, -0.15) is 0 Å². The number of hydrogen-bond acceptors (Lipinski definition) is 4. The minimum Gasteiger partial charge on any atom is -0.364 e. The van der Waals surface area contributed by atoms with Crippen molar-refractivity contribution in [1.29, 1.82) is 0 Å². The van der Waals surface area contributed by atoms with Gasteiger partial charge in [0.05, 0.1) is 5.69 Å². The maximum atomic E-state index is 12.9. The average Bonchev–Trinajstić information content (AvgIpc) is 3.09. The average molecular weight is 342 g/mol. The van der Waals surface area contributed by atoms with Gasteiger partial charge < -0.3 is 4.52 Å². The predicted octanol–water partition coefficient (Wildman–Crippen LogP) is 3.25. The van der Waals surface area contributed by atoms with Gasteiger partial charge in [0, 0.05) is 12.6 Å². The second kappa shape index (κ2) is 7.31. The Labute approximate surface area is 141 Å². The molecule has 0 amide bonds. The standard InChI is InChI=1S/C18H18N2O3S/c21-24(22,15-17-12-14-23-19-17)20(18-9-5-2-6-10-18)13-11-16-7-3-1-4-8-16/h1-10,12,14H,11,13,15H2. The first-order chi connectivity index (χ1) is 11.6. The van der Waals surface area contributed by atoms with Crippen LogP contribution in [0.3, 0.4) is 0 Å². The van der Waals surface area contributed by atoms with Gasteiger partial charge in [-0.05, 0) is 24.1 Å². The number of nitrogens with zero attached hydrogens (tertiary/aromatic N) is 2. The SMILES string of the molecule is O=S(=O)(Cc1ccon1)N(CCc1ccccc1)c1ccccc1. The molecule has 0 aliphatic heterocycles. The van der Waals surface area contributed by atoms with Crippen molar-refractivity contribution >= 4 is 15.7 Å². The summed E-state index contributed by atoms with van der Waals surface area (Å²) < 4.78 is 31.9. The molecular weight excluding hydrogens is 324 g/mol. The van der Waals surface area contributed by atoms with Crippen LogP contribution in [-0.2, 0) is 22.2 Å². The van der Waals surface area contributed by atoms with E-state index in [2.05, 4.69) is 5.16 Å². The van der Waals surface area contributed by atoms with Crippen molar-refractivity contribution in [2.75, 3.05) is 10.8 Å². The minimum atomic E-state index is -3.56. The van der Waals surface area contributed by atoms with Crippen molar-refractivity contribution in [3.05, 3.63) is 84.3 Å². The molecular formula is C18H18N2O3S. The zero-order chi connectivity index (χ0) is 16.8. The normalized spacial score (nSPS) is 11.3. The summed E-state index contributed by atoms with van der Waals surface area (Å²) in [6.45, 7) is 0.369. The summed E-state index contributed by atoms with van der Waals surface area (Å²) in [6.07, 6.45) is 2.01. The maximum Gasteiger partial charge on any atom is 0.241 e. The number of para-hydroxylation sites is 1. The number of anilines is 1. The van der Waals surface area contributed by atoms with Crippen LogP contribution in [0.25, 0.3) is 0 Å². The highest BCUT2D eigenvalue weighted by molar-refractivity contribution is 7.92. The van der Waals surface area contributed by atoms with E-state index in [1.165, 1.54) is 10.6 Å². The molecule has 0 spiro atoms. The van der Waals surface area contributed by atoms with Crippen LogP contribution in [0.4, 0.5) is 5.69 Å². The molecule has 5 nitrogen and oxygen atoms in total. The third kappa shape index (κ3) is 4.02. The lowest BCUT2D eigenvalue weighted by atomic mass is 10.1. The Hall–Kier alpha value is -2.60. The Bertz CT molecular complexity index is 848. The van der Waals surface area contributed by atoms with Gasteiger partial charge in [-0.1, -0.05) is 53.7 Å². The van der Waals surface area contributed by atoms with Crippen LogP contribution in [0.2, 0.25) is 0 Å². The highest BCUT2D eigenvalue weighted by Crippen LogP contribution is 2.21. The summed E-state index contributed by atoms with van der Waals surface area (Å²) in [4.78, 5) is 0. The molecule has 24 heavy (non-hydrogen) atoms. The first kappa shape index (κ1) is 16.3. The smallest absolute Gasteiger partial charge is 0.241 e. The second-order valence-corrected chi connectivity index (χ2v) is 7.28. The molecule has 124 valence electrons. The molecule has 1 aromatic heterocycles. The first-order valence-corrected chi connectivity index (χ1v) is 9.25. The van der Waals surface area contributed by atoms with Gasteiger partial charge in [0.25, 0.3) is 0 Å². The molecule has 0 atom stereocenters. The molecule has 3 rings (SSSR count). The van der Waals surface area contributed by atoms with Crippen LogP contribution in [0, 0.1) is 0 Å². The minimum absolute atomic E-state index is 0.187. The molecule has 0 unspecified atom stereocenters. The number of benzene rings is 2. The Kier molecular flexibility index (Phi) is 4.96. The maximum absolute atomic E-state index is 12.9. The van der Waals surface area contributed by atoms with Crippen molar-refractivity contribution in [3.8, 4) is 0 Å². The summed E-state index contributed by atoms with van der Waals surface area (Å²) in [5, 5.41) is 3.71. The van der Waals surface area contributed by atoms with Gasteiger partial charge in [-0.15, -0.1) is 0 Å². The molecule has 3 aromatic rings. The van der Waals surface area contributed by atoms with E-state index in [-0.39, 0.29) is 5.75 Å². The number of aromatic nitrogens is 1. The third-order valence-corrected chi connectivity index (χ3v) is 5.37. The van der Waals surface area contributed by atoms with Gasteiger partial charge >= 0.3 is 0 Å². The Balaban J connectivity index is 1.84. The topological polar surface area (TPSA) is 63.4 Å². The van der Waals surface area contributed by atoms with Crippen LogP contribution in [0.5, 0.6) is 0 Å². The second-order valence-electron chi connectivity index (χ2n) is 5.39. The van der Waals surface area contributed by atoms with Crippen LogP contribution >= 0.6 is 0 Å². The van der Waals surface area contributed by atoms with Crippen molar-refractivity contribution in [1.82, 2.24) is 5.16 Å². The van der Waals surface area contributed by atoms with E-state index in [1.807, 2.05) is 48.5 Å². The van der Waals surface area contributed by atoms with Crippen molar-refractivity contribution in [2.45, 2.75) is 12.2 Å². The summed E-state index contributed by atoms with van der Waals surface area (Å²) in [5.41, 5.74) is 2.14. The predicted molar refractivity (Wildman–Crippen MR) is 93.1 cm³/mol. The monoisotopic (exact) mass is 342 g/mol. The van der Waals surface area contributed by atoms with E-state index in [1.54, 1.807) is 18.2 Å². The van der Waals surface area contributed by atoms with Gasteiger partial charge in [0.1, 0.15) is 17.7 Å². The number of sulfonamides is 1. The lowest BCUT2D eigenvalue weighted by Crippen LogP contribution is -2.34. The van der Waals surface area contributed by atoms with E-state index < -0.39 is 10.0 Å². The molecule has 0 saturated carbocycles. The van der Waals surface area contributed by atoms with Gasteiger partial charge in [-0.25, -0.2) is 8.42 Å². The van der Waals surface area contributed by atoms with Gasteiger partial charge in [0.2, 0.25) is 10.0 Å². The molecule has 0 radical (unpaired) electrons. The molecule has 0 saturated heterocycles. The Morgan fingerprint density at radius 3 is 2.21 bits per heavy atom. The molecule has 0 fully saturated rings. The van der Waals surface area contributed by atoms with E-state index in [0.29, 0.717) is 24.3 Å². The van der Waals surface area contributed by atoms with E-state index >= 15 is 0 Å². The fourth-order valence-electron chi connectivity index (χ4n) is 2.48. The van der Waals surface area contributed by atoms with Crippen molar-refractivity contribution in [2.24, 2.45) is 0 Å². The lowest BCUT2D eigenvalue weighted by Gasteiger charge is -2.24. The number of rotatable bonds is 7. The van der Waals surface area contributed by atoms with E-state index in [0.717, 1.165) is 5.56 Å². The van der Waals surface area contributed by atoms with Crippen molar-refractivity contribution in [3.63, 3.8) is 0 Å². The van der Waals surface area contributed by atoms with Crippen LogP contribution in [0.1, 0.15) is 11.3 Å². The highest BCUT2D eigenvalue weighted by Gasteiger charge is 2.24. The van der Waals surface area contributed by atoms with Gasteiger partial charge in [0.15, 0.2) is 0 Å². The summed E-state index contributed by atoms with van der Waals surface area (Å²) in [5.74, 6) is -0.187. The zero-order valence-electron chi connectivity index (χ0n) is 13.1. The fourth-order valence-corrected chi connectivity index (χ4v) is 3.97.